The van der Waals surface area contributed by atoms with Crippen LogP contribution in [-0.2, 0) is 0 Å². The van der Waals surface area contributed by atoms with Crippen molar-refractivity contribution in [1.29, 1.82) is 0 Å². The first-order chi connectivity index (χ1) is 9.65. The first kappa shape index (κ1) is 15.5. The number of hydrogen-bond donors (Lipinski definition) is 1. The molecular formula is C18H30N2. The van der Waals surface area contributed by atoms with Gasteiger partial charge in [0, 0.05) is 17.4 Å². The van der Waals surface area contributed by atoms with Crippen LogP contribution in [0.2, 0.25) is 0 Å². The monoisotopic (exact) mass is 274 g/mol. The van der Waals surface area contributed by atoms with Crippen LogP contribution in [0.1, 0.15) is 68.9 Å². The molecule has 1 aliphatic carbocycles. The summed E-state index contributed by atoms with van der Waals surface area (Å²) >= 11 is 0. The Kier molecular flexibility index (Phi) is 5.59. The lowest BCUT2D eigenvalue weighted by molar-refractivity contribution is 0.210. The van der Waals surface area contributed by atoms with E-state index in [1.54, 1.807) is 0 Å². The Morgan fingerprint density at radius 1 is 1.25 bits per heavy atom. The molecular weight excluding hydrogens is 244 g/mol. The van der Waals surface area contributed by atoms with Gasteiger partial charge in [0.05, 0.1) is 0 Å². The van der Waals surface area contributed by atoms with Gasteiger partial charge in [0.15, 0.2) is 0 Å². The fraction of sp³-hybridized carbons (Fsp3) is 0.722. The fourth-order valence-electron chi connectivity index (χ4n) is 3.78. The van der Waals surface area contributed by atoms with Crippen LogP contribution in [0.15, 0.2) is 12.1 Å². The lowest BCUT2D eigenvalue weighted by Crippen LogP contribution is -2.32. The normalized spacial score (nSPS) is 24.6. The Labute approximate surface area is 124 Å². The molecule has 3 atom stereocenters. The molecule has 0 aromatic carbocycles. The Morgan fingerprint density at radius 2 is 2.05 bits per heavy atom. The van der Waals surface area contributed by atoms with Gasteiger partial charge in [0.25, 0.3) is 0 Å². The maximum Gasteiger partial charge on any atom is 0.0423 e. The first-order valence-corrected chi connectivity index (χ1v) is 8.33. The van der Waals surface area contributed by atoms with Gasteiger partial charge in [-0.2, -0.15) is 0 Å². The molecule has 2 nitrogen and oxygen atoms in total. The summed E-state index contributed by atoms with van der Waals surface area (Å²) in [5.41, 5.74) is 3.74. The number of aryl methyl sites for hydroxylation is 2. The van der Waals surface area contributed by atoms with Crippen LogP contribution < -0.4 is 5.32 Å². The third-order valence-electron chi connectivity index (χ3n) is 4.90. The minimum atomic E-state index is 0.488. The van der Waals surface area contributed by atoms with Gasteiger partial charge in [-0.25, -0.2) is 0 Å². The highest BCUT2D eigenvalue weighted by Gasteiger charge is 2.29. The van der Waals surface area contributed by atoms with E-state index in [0.717, 1.165) is 24.1 Å². The molecule has 3 unspecified atom stereocenters. The van der Waals surface area contributed by atoms with Crippen LogP contribution in [-0.4, -0.2) is 11.5 Å². The zero-order chi connectivity index (χ0) is 14.5. The van der Waals surface area contributed by atoms with E-state index in [4.69, 9.17) is 0 Å². The van der Waals surface area contributed by atoms with Gasteiger partial charge in [0.2, 0.25) is 0 Å². The highest BCUT2D eigenvalue weighted by molar-refractivity contribution is 5.26. The third kappa shape index (κ3) is 3.60. The van der Waals surface area contributed by atoms with Crippen molar-refractivity contribution in [2.45, 2.75) is 65.8 Å². The van der Waals surface area contributed by atoms with Crippen LogP contribution in [0.5, 0.6) is 0 Å². The average Bonchev–Trinajstić information content (AvgIpc) is 2.45. The van der Waals surface area contributed by atoms with E-state index < -0.39 is 0 Å². The zero-order valence-corrected chi connectivity index (χ0v) is 13.6. The summed E-state index contributed by atoms with van der Waals surface area (Å²) in [6.45, 7) is 9.82. The van der Waals surface area contributed by atoms with Crippen LogP contribution in [0, 0.1) is 25.7 Å². The highest BCUT2D eigenvalue weighted by Crippen LogP contribution is 2.39. The van der Waals surface area contributed by atoms with Crippen molar-refractivity contribution < 1.29 is 0 Å². The minimum Gasteiger partial charge on any atom is -0.310 e. The van der Waals surface area contributed by atoms with Gasteiger partial charge in [-0.1, -0.05) is 39.2 Å². The molecule has 0 aliphatic heterocycles. The smallest absolute Gasteiger partial charge is 0.0423 e. The van der Waals surface area contributed by atoms with Crippen LogP contribution in [0.4, 0.5) is 0 Å². The molecule has 1 heterocycles. The number of hydrogen-bond acceptors (Lipinski definition) is 2. The van der Waals surface area contributed by atoms with Gasteiger partial charge >= 0.3 is 0 Å². The summed E-state index contributed by atoms with van der Waals surface area (Å²) in [6.07, 6.45) is 6.89. The molecule has 0 radical (unpaired) electrons. The van der Waals surface area contributed by atoms with E-state index in [-0.39, 0.29) is 0 Å². The SMILES string of the molecule is CCNC(c1ccc(C)nc1C)C1CCCC(CC)C1. The van der Waals surface area contributed by atoms with Crippen LogP contribution >= 0.6 is 0 Å². The van der Waals surface area contributed by atoms with Gasteiger partial charge in [-0.15, -0.1) is 0 Å². The molecule has 2 heteroatoms. The standard InChI is InChI=1S/C18H30N2/c1-5-15-8-7-9-16(12-15)18(19-6-2)17-11-10-13(3)20-14(17)4/h10-11,15-16,18-19H,5-9,12H2,1-4H3. The molecule has 0 spiro atoms. The fourth-order valence-corrected chi connectivity index (χ4v) is 3.78. The second-order valence-electron chi connectivity index (χ2n) is 6.36. The lowest BCUT2D eigenvalue weighted by atomic mass is 9.75. The van der Waals surface area contributed by atoms with Crippen molar-refractivity contribution in [1.82, 2.24) is 10.3 Å². The second kappa shape index (κ2) is 7.21. The van der Waals surface area contributed by atoms with Crippen molar-refractivity contribution in [2.24, 2.45) is 11.8 Å². The number of nitrogens with one attached hydrogen (secondary N) is 1. The molecule has 2 rings (SSSR count). The lowest BCUT2D eigenvalue weighted by Gasteiger charge is -2.35. The molecule has 1 aromatic rings. The summed E-state index contributed by atoms with van der Waals surface area (Å²) in [6, 6.07) is 4.94. The maximum atomic E-state index is 4.67. The Bertz CT molecular complexity index is 427. The quantitative estimate of drug-likeness (QED) is 0.851. The number of rotatable bonds is 5. The average molecular weight is 274 g/mol. The van der Waals surface area contributed by atoms with Crippen LogP contribution in [0.3, 0.4) is 0 Å². The number of pyridine rings is 1. The largest absolute Gasteiger partial charge is 0.310 e. The van der Waals surface area contributed by atoms with Gasteiger partial charge in [0.1, 0.15) is 0 Å². The topological polar surface area (TPSA) is 24.9 Å². The van der Waals surface area contributed by atoms with E-state index in [0.29, 0.717) is 6.04 Å². The summed E-state index contributed by atoms with van der Waals surface area (Å²) in [4.78, 5) is 4.67. The Hall–Kier alpha value is -0.890. The van der Waals surface area contributed by atoms with Crippen molar-refractivity contribution in [2.75, 3.05) is 6.54 Å². The summed E-state index contributed by atoms with van der Waals surface area (Å²) in [5.74, 6) is 1.70. The molecule has 0 saturated heterocycles. The van der Waals surface area contributed by atoms with E-state index in [9.17, 15) is 0 Å². The molecule has 112 valence electrons. The molecule has 20 heavy (non-hydrogen) atoms. The van der Waals surface area contributed by atoms with E-state index >= 15 is 0 Å². The van der Waals surface area contributed by atoms with Crippen molar-refractivity contribution >= 4 is 0 Å². The molecule has 0 amide bonds. The van der Waals surface area contributed by atoms with Crippen molar-refractivity contribution in [3.05, 3.63) is 29.1 Å². The highest BCUT2D eigenvalue weighted by atomic mass is 14.9. The maximum absolute atomic E-state index is 4.67. The predicted octanol–water partition coefficient (Wildman–Crippen LogP) is 4.57. The van der Waals surface area contributed by atoms with E-state index in [2.05, 4.69) is 50.1 Å². The van der Waals surface area contributed by atoms with Crippen molar-refractivity contribution in [3.8, 4) is 0 Å². The van der Waals surface area contributed by atoms with E-state index in [1.807, 2.05) is 0 Å². The zero-order valence-electron chi connectivity index (χ0n) is 13.6. The predicted molar refractivity (Wildman–Crippen MR) is 85.9 cm³/mol. The molecule has 1 aromatic heterocycles. The third-order valence-corrected chi connectivity index (χ3v) is 4.90. The van der Waals surface area contributed by atoms with Gasteiger partial charge in [-0.05, 0) is 56.7 Å². The van der Waals surface area contributed by atoms with Crippen LogP contribution in [0.25, 0.3) is 0 Å². The number of aromatic nitrogens is 1. The summed E-state index contributed by atoms with van der Waals surface area (Å²) in [5, 5.41) is 3.73. The van der Waals surface area contributed by atoms with Gasteiger partial charge in [-0.3, -0.25) is 4.98 Å². The Morgan fingerprint density at radius 3 is 2.70 bits per heavy atom. The summed E-state index contributed by atoms with van der Waals surface area (Å²) in [7, 11) is 0. The molecule has 1 saturated carbocycles. The van der Waals surface area contributed by atoms with Crippen molar-refractivity contribution in [3.63, 3.8) is 0 Å². The molecule has 1 fully saturated rings. The summed E-state index contributed by atoms with van der Waals surface area (Å²) < 4.78 is 0. The Balaban J connectivity index is 2.21. The number of nitrogens with zero attached hydrogens (tertiary/aromatic N) is 1. The minimum absolute atomic E-state index is 0.488. The molecule has 0 bridgehead atoms. The molecule has 1 N–H and O–H groups in total. The molecule has 1 aliphatic rings. The first-order valence-electron chi connectivity index (χ1n) is 8.33. The van der Waals surface area contributed by atoms with E-state index in [1.165, 1.54) is 43.4 Å². The second-order valence-corrected chi connectivity index (χ2v) is 6.36. The van der Waals surface area contributed by atoms with Gasteiger partial charge < -0.3 is 5.32 Å².